The summed E-state index contributed by atoms with van der Waals surface area (Å²) < 4.78 is 5.37. The highest BCUT2D eigenvalue weighted by atomic mass is 16.5. The maximum Gasteiger partial charge on any atom is 0.409 e. The molecule has 0 radical (unpaired) electrons. The van der Waals surface area contributed by atoms with E-state index in [4.69, 9.17) is 9.84 Å². The molecule has 0 aliphatic heterocycles. The lowest BCUT2D eigenvalue weighted by molar-refractivity contribution is 0.209. The summed E-state index contributed by atoms with van der Waals surface area (Å²) in [7, 11) is 1.62. The Bertz CT molecular complexity index is 961. The predicted octanol–water partition coefficient (Wildman–Crippen LogP) is 6.33. The maximum absolute atomic E-state index is 10.6. The third kappa shape index (κ3) is 6.99. The molecule has 0 spiro atoms. The van der Waals surface area contributed by atoms with E-state index in [1.165, 1.54) is 44.9 Å². The van der Waals surface area contributed by atoms with E-state index in [-0.39, 0.29) is 0 Å². The number of anilines is 3. The van der Waals surface area contributed by atoms with Crippen LogP contribution in [0, 0.1) is 0 Å². The van der Waals surface area contributed by atoms with Crippen LogP contribution in [0.25, 0.3) is 11.3 Å². The Hall–Kier alpha value is -3.61. The van der Waals surface area contributed by atoms with Crippen molar-refractivity contribution < 1.29 is 14.6 Å². The van der Waals surface area contributed by atoms with E-state index in [2.05, 4.69) is 20.6 Å². The van der Waals surface area contributed by atoms with E-state index in [0.29, 0.717) is 11.5 Å². The third-order valence-electron chi connectivity index (χ3n) is 4.96. The number of para-hydroxylation sites is 1. The Balaban J connectivity index is 0.000000391. The molecule has 7 heteroatoms. The van der Waals surface area contributed by atoms with Gasteiger partial charge in [0, 0.05) is 23.0 Å². The van der Waals surface area contributed by atoms with Crippen LogP contribution in [0.1, 0.15) is 38.5 Å². The number of hydrogen-bond donors (Lipinski definition) is 3. The number of carboxylic acid groups (broad SMARTS) is 1. The largest absolute Gasteiger partial charge is 0.496 e. The van der Waals surface area contributed by atoms with Crippen molar-refractivity contribution in [2.24, 2.45) is 0 Å². The van der Waals surface area contributed by atoms with Crippen LogP contribution in [0.2, 0.25) is 0 Å². The summed E-state index contributed by atoms with van der Waals surface area (Å²) in [4.78, 5) is 19.1. The van der Waals surface area contributed by atoms with Crippen LogP contribution in [-0.2, 0) is 0 Å². The minimum atomic E-state index is -1.10. The summed E-state index contributed by atoms with van der Waals surface area (Å²) in [6.45, 7) is 0. The van der Waals surface area contributed by atoms with Crippen LogP contribution < -0.4 is 15.4 Å². The van der Waals surface area contributed by atoms with Crippen molar-refractivity contribution in [2.75, 3.05) is 17.7 Å². The summed E-state index contributed by atoms with van der Waals surface area (Å²) in [5, 5.41) is 14.2. The monoisotopic (exact) mass is 420 g/mol. The van der Waals surface area contributed by atoms with Gasteiger partial charge in [-0.05, 0) is 36.4 Å². The molecule has 0 bridgehead atoms. The Morgan fingerprint density at radius 1 is 0.903 bits per heavy atom. The Kier molecular flexibility index (Phi) is 8.22. The highest BCUT2D eigenvalue weighted by Crippen LogP contribution is 2.29. The Morgan fingerprint density at radius 2 is 1.52 bits per heavy atom. The molecule has 0 saturated heterocycles. The molecule has 3 aromatic rings. The zero-order valence-electron chi connectivity index (χ0n) is 17.7. The van der Waals surface area contributed by atoms with E-state index in [1.807, 2.05) is 30.3 Å². The number of rotatable bonds is 5. The molecule has 7 nitrogen and oxygen atoms in total. The summed E-state index contributed by atoms with van der Waals surface area (Å²) >= 11 is 0. The number of ether oxygens (including phenoxy) is 1. The molecule has 1 aromatic heterocycles. The van der Waals surface area contributed by atoms with Gasteiger partial charge in [-0.15, -0.1) is 0 Å². The molecule has 3 N–H and O–H groups in total. The van der Waals surface area contributed by atoms with Gasteiger partial charge in [-0.2, -0.15) is 0 Å². The van der Waals surface area contributed by atoms with E-state index in [0.717, 1.165) is 22.7 Å². The first-order chi connectivity index (χ1) is 15.2. The van der Waals surface area contributed by atoms with Gasteiger partial charge in [0.1, 0.15) is 17.9 Å². The molecule has 0 atom stereocenters. The third-order valence-corrected chi connectivity index (χ3v) is 4.96. The average molecular weight is 421 g/mol. The average Bonchev–Trinajstić information content (AvgIpc) is 2.82. The van der Waals surface area contributed by atoms with Crippen molar-refractivity contribution in [3.05, 3.63) is 60.9 Å². The van der Waals surface area contributed by atoms with Gasteiger partial charge in [0.05, 0.1) is 12.8 Å². The number of benzene rings is 2. The van der Waals surface area contributed by atoms with Crippen molar-refractivity contribution in [2.45, 2.75) is 38.5 Å². The predicted molar refractivity (Wildman–Crippen MR) is 123 cm³/mol. The van der Waals surface area contributed by atoms with E-state index in [9.17, 15) is 4.79 Å². The van der Waals surface area contributed by atoms with Gasteiger partial charge in [-0.25, -0.2) is 14.8 Å². The van der Waals surface area contributed by atoms with Crippen molar-refractivity contribution in [1.29, 1.82) is 0 Å². The highest BCUT2D eigenvalue weighted by molar-refractivity contribution is 5.83. The summed E-state index contributed by atoms with van der Waals surface area (Å²) in [6, 6.07) is 16.3. The summed E-state index contributed by atoms with van der Waals surface area (Å²) in [5.74, 6) is 1.35. The van der Waals surface area contributed by atoms with Gasteiger partial charge in [0.2, 0.25) is 0 Å². The van der Waals surface area contributed by atoms with Crippen LogP contribution in [0.4, 0.5) is 22.0 Å². The normalized spacial score (nSPS) is 12.8. The standard InChI is InChI=1S/C18H16N4O3.C6H12/c1-25-16-5-3-2-4-14(16)15-10-17(20-11-19-15)21-12-6-8-13(9-7-12)22-18(23)24;1-2-4-6-5-3-1/h2-11,22H,1H3,(H,23,24)(H,19,20,21);1-6H2. The molecule has 2 aromatic carbocycles. The molecule has 1 aliphatic carbocycles. The van der Waals surface area contributed by atoms with E-state index in [1.54, 1.807) is 31.4 Å². The van der Waals surface area contributed by atoms with Crippen LogP contribution in [0.15, 0.2) is 60.9 Å². The zero-order valence-corrected chi connectivity index (χ0v) is 17.7. The van der Waals surface area contributed by atoms with Crippen LogP contribution in [0.5, 0.6) is 5.75 Å². The molecule has 1 amide bonds. The molecule has 1 heterocycles. The molecular weight excluding hydrogens is 392 g/mol. The van der Waals surface area contributed by atoms with Gasteiger partial charge < -0.3 is 15.2 Å². The van der Waals surface area contributed by atoms with Crippen molar-refractivity contribution in [1.82, 2.24) is 9.97 Å². The lowest BCUT2D eigenvalue weighted by atomic mass is 10.0. The summed E-state index contributed by atoms with van der Waals surface area (Å²) in [6.07, 6.45) is 9.38. The number of nitrogens with one attached hydrogen (secondary N) is 2. The lowest BCUT2D eigenvalue weighted by Crippen LogP contribution is -2.06. The first-order valence-electron chi connectivity index (χ1n) is 10.5. The zero-order chi connectivity index (χ0) is 21.9. The van der Waals surface area contributed by atoms with Crippen LogP contribution >= 0.6 is 0 Å². The molecule has 4 rings (SSSR count). The highest BCUT2D eigenvalue weighted by Gasteiger charge is 2.08. The van der Waals surface area contributed by atoms with Crippen LogP contribution in [-0.4, -0.2) is 28.3 Å². The second kappa shape index (κ2) is 11.5. The van der Waals surface area contributed by atoms with Crippen LogP contribution in [0.3, 0.4) is 0 Å². The van der Waals surface area contributed by atoms with Crippen molar-refractivity contribution >= 4 is 23.3 Å². The number of aromatic nitrogens is 2. The topological polar surface area (TPSA) is 96.4 Å². The smallest absolute Gasteiger partial charge is 0.409 e. The number of nitrogens with zero attached hydrogens (tertiary/aromatic N) is 2. The minimum Gasteiger partial charge on any atom is -0.496 e. The fourth-order valence-corrected chi connectivity index (χ4v) is 3.40. The number of amides is 1. The van der Waals surface area contributed by atoms with Crippen molar-refractivity contribution in [3.8, 4) is 17.0 Å². The number of carbonyl (C=O) groups is 1. The molecule has 1 aliphatic rings. The van der Waals surface area contributed by atoms with Gasteiger partial charge in [-0.1, -0.05) is 50.7 Å². The second-order valence-corrected chi connectivity index (χ2v) is 7.24. The number of methoxy groups -OCH3 is 1. The van der Waals surface area contributed by atoms with E-state index < -0.39 is 6.09 Å². The van der Waals surface area contributed by atoms with Gasteiger partial charge in [0.25, 0.3) is 0 Å². The molecule has 1 saturated carbocycles. The molecule has 0 unspecified atom stereocenters. The SMILES string of the molecule is C1CCCCC1.COc1ccccc1-c1cc(Nc2ccc(NC(=O)O)cc2)ncn1. The lowest BCUT2D eigenvalue weighted by Gasteiger charge is -2.10. The number of hydrogen-bond acceptors (Lipinski definition) is 5. The minimum absolute atomic E-state index is 0.496. The maximum atomic E-state index is 10.6. The fraction of sp³-hybridized carbons (Fsp3) is 0.292. The van der Waals surface area contributed by atoms with Gasteiger partial charge >= 0.3 is 6.09 Å². The Morgan fingerprint density at radius 3 is 2.13 bits per heavy atom. The van der Waals surface area contributed by atoms with Gasteiger partial charge in [-0.3, -0.25) is 5.32 Å². The molecular formula is C24H28N4O3. The molecule has 1 fully saturated rings. The molecule has 31 heavy (non-hydrogen) atoms. The summed E-state index contributed by atoms with van der Waals surface area (Å²) in [5.41, 5.74) is 2.88. The Labute approximate surface area is 182 Å². The quantitative estimate of drug-likeness (QED) is 0.446. The molecule has 162 valence electrons. The fourth-order valence-electron chi connectivity index (χ4n) is 3.40. The first kappa shape index (κ1) is 22.1. The van der Waals surface area contributed by atoms with E-state index >= 15 is 0 Å². The second-order valence-electron chi connectivity index (χ2n) is 7.24. The first-order valence-corrected chi connectivity index (χ1v) is 10.5. The van der Waals surface area contributed by atoms with Crippen molar-refractivity contribution in [3.63, 3.8) is 0 Å². The van der Waals surface area contributed by atoms with Gasteiger partial charge in [0.15, 0.2) is 0 Å².